The minimum absolute atomic E-state index is 0.0103. The summed E-state index contributed by atoms with van der Waals surface area (Å²) in [5, 5.41) is 7.45. The maximum Gasteiger partial charge on any atom is 0.262 e. The Morgan fingerprint density at radius 3 is 2.96 bits per heavy atom. The largest absolute Gasteiger partial charge is 0.482 e. The zero-order chi connectivity index (χ0) is 19.5. The van der Waals surface area contributed by atoms with Crippen molar-refractivity contribution in [1.82, 2.24) is 9.97 Å². The molecule has 0 radical (unpaired) electrons. The third-order valence-corrected chi connectivity index (χ3v) is 5.04. The molecule has 2 aromatic carbocycles. The topological polar surface area (TPSA) is 93.2 Å². The maximum absolute atomic E-state index is 12.6. The molecule has 142 valence electrons. The number of anilines is 2. The number of Topliss-reactive ketones (excluding diaryl/α,β-unsaturated/α-hetero) is 1. The van der Waals surface area contributed by atoms with E-state index in [1.54, 1.807) is 18.2 Å². The lowest BCUT2D eigenvalue weighted by Gasteiger charge is -2.18. The SMILES string of the molecule is CCNc1nc(SCC(=O)c2ccc3c(c2)NC(=O)CO3)nc2ccccc12. The van der Waals surface area contributed by atoms with Gasteiger partial charge in [0.05, 0.1) is 17.0 Å². The Balaban J connectivity index is 1.52. The number of carbonyl (C=O) groups excluding carboxylic acids is 2. The van der Waals surface area contributed by atoms with Crippen LogP contribution in [0.3, 0.4) is 0 Å². The third kappa shape index (κ3) is 3.77. The first-order chi connectivity index (χ1) is 13.6. The van der Waals surface area contributed by atoms with Gasteiger partial charge in [-0.1, -0.05) is 23.9 Å². The van der Waals surface area contributed by atoms with E-state index >= 15 is 0 Å². The van der Waals surface area contributed by atoms with Crippen LogP contribution in [0.25, 0.3) is 10.9 Å². The summed E-state index contributed by atoms with van der Waals surface area (Å²) >= 11 is 1.29. The molecule has 0 saturated carbocycles. The van der Waals surface area contributed by atoms with E-state index in [-0.39, 0.29) is 24.1 Å². The van der Waals surface area contributed by atoms with Crippen molar-refractivity contribution in [3.05, 3.63) is 48.0 Å². The summed E-state index contributed by atoms with van der Waals surface area (Å²) in [6.07, 6.45) is 0. The van der Waals surface area contributed by atoms with E-state index in [4.69, 9.17) is 4.74 Å². The number of amides is 1. The van der Waals surface area contributed by atoms with Crippen molar-refractivity contribution in [2.75, 3.05) is 29.5 Å². The number of hydrogen-bond acceptors (Lipinski definition) is 7. The first kappa shape index (κ1) is 18.2. The summed E-state index contributed by atoms with van der Waals surface area (Å²) in [5.41, 5.74) is 1.85. The number of hydrogen-bond donors (Lipinski definition) is 2. The second-order valence-corrected chi connectivity index (χ2v) is 7.10. The number of benzene rings is 2. The Labute approximate surface area is 165 Å². The fourth-order valence-corrected chi connectivity index (χ4v) is 3.64. The quantitative estimate of drug-likeness (QED) is 0.376. The number of fused-ring (bicyclic) bond motifs is 2. The fraction of sp³-hybridized carbons (Fsp3) is 0.200. The summed E-state index contributed by atoms with van der Waals surface area (Å²) in [5.74, 6) is 1.22. The average Bonchev–Trinajstić information content (AvgIpc) is 2.71. The zero-order valence-corrected chi connectivity index (χ0v) is 16.0. The molecule has 4 rings (SSSR count). The molecule has 0 atom stereocenters. The van der Waals surface area contributed by atoms with Gasteiger partial charge in [0, 0.05) is 17.5 Å². The Kier molecular flexibility index (Phi) is 5.12. The fourth-order valence-electron chi connectivity index (χ4n) is 2.89. The van der Waals surface area contributed by atoms with Crippen LogP contribution < -0.4 is 15.4 Å². The van der Waals surface area contributed by atoms with E-state index in [2.05, 4.69) is 20.6 Å². The van der Waals surface area contributed by atoms with Crippen molar-refractivity contribution in [3.63, 3.8) is 0 Å². The zero-order valence-electron chi connectivity index (χ0n) is 15.2. The Morgan fingerprint density at radius 1 is 1.25 bits per heavy atom. The number of ether oxygens (including phenoxy) is 1. The lowest BCUT2D eigenvalue weighted by molar-refractivity contribution is -0.118. The molecule has 0 aliphatic carbocycles. The molecule has 0 fully saturated rings. The third-order valence-electron chi connectivity index (χ3n) is 4.19. The molecule has 0 bridgehead atoms. The van der Waals surface area contributed by atoms with Gasteiger partial charge in [0.15, 0.2) is 17.5 Å². The van der Waals surface area contributed by atoms with Crippen LogP contribution in [-0.2, 0) is 4.79 Å². The van der Waals surface area contributed by atoms with Crippen LogP contribution in [0.1, 0.15) is 17.3 Å². The monoisotopic (exact) mass is 394 g/mol. The number of rotatable bonds is 6. The highest BCUT2D eigenvalue weighted by atomic mass is 32.2. The molecule has 1 amide bonds. The van der Waals surface area contributed by atoms with Crippen molar-refractivity contribution in [3.8, 4) is 5.75 Å². The van der Waals surface area contributed by atoms with Crippen molar-refractivity contribution in [2.45, 2.75) is 12.1 Å². The van der Waals surface area contributed by atoms with Crippen LogP contribution in [0, 0.1) is 0 Å². The van der Waals surface area contributed by atoms with Gasteiger partial charge in [-0.25, -0.2) is 9.97 Å². The van der Waals surface area contributed by atoms with Gasteiger partial charge >= 0.3 is 0 Å². The van der Waals surface area contributed by atoms with E-state index in [0.717, 1.165) is 23.3 Å². The summed E-state index contributed by atoms with van der Waals surface area (Å²) in [7, 11) is 0. The number of para-hydroxylation sites is 1. The standard InChI is InChI=1S/C20H18N4O3S/c1-2-21-19-13-5-3-4-6-14(13)23-20(24-19)28-11-16(25)12-7-8-17-15(9-12)22-18(26)10-27-17/h3-9H,2,10-11H2,1H3,(H,22,26)(H,21,23,24). The predicted molar refractivity (Wildman–Crippen MR) is 109 cm³/mol. The van der Waals surface area contributed by atoms with E-state index in [9.17, 15) is 9.59 Å². The van der Waals surface area contributed by atoms with Gasteiger partial charge in [0.1, 0.15) is 11.6 Å². The highest BCUT2D eigenvalue weighted by Gasteiger charge is 2.18. The molecule has 1 aliphatic rings. The molecule has 2 N–H and O–H groups in total. The Morgan fingerprint density at radius 2 is 2.11 bits per heavy atom. The minimum Gasteiger partial charge on any atom is -0.482 e. The van der Waals surface area contributed by atoms with Crippen LogP contribution in [0.4, 0.5) is 11.5 Å². The van der Waals surface area contributed by atoms with Gasteiger partial charge in [-0.3, -0.25) is 9.59 Å². The van der Waals surface area contributed by atoms with Crippen molar-refractivity contribution in [1.29, 1.82) is 0 Å². The normalized spacial score (nSPS) is 12.8. The van der Waals surface area contributed by atoms with Crippen LogP contribution >= 0.6 is 11.8 Å². The predicted octanol–water partition coefficient (Wildman–Crippen LogP) is 3.37. The maximum atomic E-state index is 12.6. The van der Waals surface area contributed by atoms with E-state index in [1.165, 1.54) is 11.8 Å². The lowest BCUT2D eigenvalue weighted by atomic mass is 10.1. The van der Waals surface area contributed by atoms with Gasteiger partial charge in [-0.05, 0) is 37.3 Å². The highest BCUT2D eigenvalue weighted by molar-refractivity contribution is 7.99. The summed E-state index contributed by atoms with van der Waals surface area (Å²) in [6, 6.07) is 12.8. The number of ketones is 1. The number of carbonyl (C=O) groups is 2. The van der Waals surface area contributed by atoms with Crippen LogP contribution in [0.5, 0.6) is 5.75 Å². The molecule has 1 aromatic heterocycles. The first-order valence-electron chi connectivity index (χ1n) is 8.87. The minimum atomic E-state index is -0.230. The Bertz CT molecular complexity index is 1070. The number of nitrogens with one attached hydrogen (secondary N) is 2. The van der Waals surface area contributed by atoms with Crippen LogP contribution in [0.15, 0.2) is 47.6 Å². The first-order valence-corrected chi connectivity index (χ1v) is 9.86. The molecule has 0 unspecified atom stereocenters. The van der Waals surface area contributed by atoms with Crippen molar-refractivity contribution < 1.29 is 14.3 Å². The molecule has 8 heteroatoms. The Hall–Kier alpha value is -3.13. The smallest absolute Gasteiger partial charge is 0.262 e. The number of thioether (sulfide) groups is 1. The lowest BCUT2D eigenvalue weighted by Crippen LogP contribution is -2.25. The molecule has 28 heavy (non-hydrogen) atoms. The number of nitrogens with zero attached hydrogens (tertiary/aromatic N) is 2. The van der Waals surface area contributed by atoms with E-state index in [0.29, 0.717) is 22.2 Å². The van der Waals surface area contributed by atoms with Gasteiger partial charge < -0.3 is 15.4 Å². The molecule has 2 heterocycles. The molecule has 7 nitrogen and oxygen atoms in total. The molecule has 1 aliphatic heterocycles. The van der Waals surface area contributed by atoms with Crippen molar-refractivity contribution >= 4 is 45.9 Å². The molecule has 0 spiro atoms. The van der Waals surface area contributed by atoms with Gasteiger partial charge in [-0.15, -0.1) is 0 Å². The van der Waals surface area contributed by atoms with E-state index < -0.39 is 0 Å². The molecular weight excluding hydrogens is 376 g/mol. The van der Waals surface area contributed by atoms with Gasteiger partial charge in [-0.2, -0.15) is 0 Å². The van der Waals surface area contributed by atoms with Crippen LogP contribution in [0.2, 0.25) is 0 Å². The molecule has 3 aromatic rings. The number of aromatic nitrogens is 2. The molecular formula is C20H18N4O3S. The van der Waals surface area contributed by atoms with Gasteiger partial charge in [0.25, 0.3) is 5.91 Å². The second-order valence-electron chi connectivity index (χ2n) is 6.16. The average molecular weight is 394 g/mol. The molecule has 0 saturated heterocycles. The van der Waals surface area contributed by atoms with Crippen LogP contribution in [-0.4, -0.2) is 40.6 Å². The summed E-state index contributed by atoms with van der Waals surface area (Å²) < 4.78 is 5.32. The highest BCUT2D eigenvalue weighted by Crippen LogP contribution is 2.29. The van der Waals surface area contributed by atoms with E-state index in [1.807, 2.05) is 31.2 Å². The summed E-state index contributed by atoms with van der Waals surface area (Å²) in [4.78, 5) is 33.2. The van der Waals surface area contributed by atoms with Crippen molar-refractivity contribution in [2.24, 2.45) is 0 Å². The van der Waals surface area contributed by atoms with Gasteiger partial charge in [0.2, 0.25) is 0 Å². The summed E-state index contributed by atoms with van der Waals surface area (Å²) in [6.45, 7) is 2.74. The second kappa shape index (κ2) is 7.85.